The summed E-state index contributed by atoms with van der Waals surface area (Å²) in [4.78, 5) is 26.3. The third-order valence-electron chi connectivity index (χ3n) is 4.80. The lowest BCUT2D eigenvalue weighted by molar-refractivity contribution is -0.118. The molecule has 1 aromatic carbocycles. The van der Waals surface area contributed by atoms with Crippen LogP contribution in [0.1, 0.15) is 11.8 Å². The van der Waals surface area contributed by atoms with Crippen molar-refractivity contribution < 1.29 is 4.79 Å². The maximum Gasteiger partial charge on any atom is 0.225 e. The Morgan fingerprint density at radius 3 is 2.52 bits per heavy atom. The highest BCUT2D eigenvalue weighted by Crippen LogP contribution is 2.43. The van der Waals surface area contributed by atoms with E-state index < -0.39 is 0 Å². The van der Waals surface area contributed by atoms with E-state index in [9.17, 15) is 4.79 Å². The molecule has 1 aliphatic heterocycles. The standard InChI is InChI=1S/C19H18BrClN4OS/c1-2-14-15(12-3-5-13(20)6-4-12)16-17(22-19(21)23-18(16)27-14)25-9-7-24(11-26)8-10-25/h3-6,11H,2,7-10H2,1H3. The fourth-order valence-corrected chi connectivity index (χ4v) is 5.05. The summed E-state index contributed by atoms with van der Waals surface area (Å²) >= 11 is 11.4. The minimum atomic E-state index is 0.265. The van der Waals surface area contributed by atoms with Crippen LogP contribution in [0.3, 0.4) is 0 Å². The molecule has 27 heavy (non-hydrogen) atoms. The van der Waals surface area contributed by atoms with Crippen LogP contribution in [0, 0.1) is 0 Å². The Balaban J connectivity index is 1.89. The number of carbonyl (C=O) groups is 1. The topological polar surface area (TPSA) is 49.3 Å². The number of hydrogen-bond donors (Lipinski definition) is 0. The van der Waals surface area contributed by atoms with Gasteiger partial charge in [0.15, 0.2) is 0 Å². The number of nitrogens with zero attached hydrogens (tertiary/aromatic N) is 4. The SMILES string of the molecule is CCc1sc2nc(Cl)nc(N3CCN(C=O)CC3)c2c1-c1ccc(Br)cc1. The van der Waals surface area contributed by atoms with Crippen molar-refractivity contribution in [1.82, 2.24) is 14.9 Å². The molecule has 5 nitrogen and oxygen atoms in total. The van der Waals surface area contributed by atoms with Gasteiger partial charge in [-0.15, -0.1) is 11.3 Å². The summed E-state index contributed by atoms with van der Waals surface area (Å²) in [5, 5.41) is 1.32. The van der Waals surface area contributed by atoms with Gasteiger partial charge in [-0.2, -0.15) is 4.98 Å². The van der Waals surface area contributed by atoms with Crippen LogP contribution in [0.15, 0.2) is 28.7 Å². The molecule has 1 amide bonds. The molecule has 1 saturated heterocycles. The van der Waals surface area contributed by atoms with Crippen LogP contribution in [-0.4, -0.2) is 47.5 Å². The van der Waals surface area contributed by atoms with Crippen LogP contribution < -0.4 is 4.90 Å². The Hall–Kier alpha value is -1.70. The smallest absolute Gasteiger partial charge is 0.225 e. The number of fused-ring (bicyclic) bond motifs is 1. The van der Waals surface area contributed by atoms with Gasteiger partial charge in [0, 0.05) is 41.1 Å². The highest BCUT2D eigenvalue weighted by atomic mass is 79.9. The van der Waals surface area contributed by atoms with Gasteiger partial charge in [-0.3, -0.25) is 4.79 Å². The van der Waals surface area contributed by atoms with Crippen molar-refractivity contribution in [3.8, 4) is 11.1 Å². The lowest BCUT2D eigenvalue weighted by Gasteiger charge is -2.33. The van der Waals surface area contributed by atoms with Gasteiger partial charge in [-0.25, -0.2) is 4.98 Å². The van der Waals surface area contributed by atoms with Crippen molar-refractivity contribution >= 4 is 61.3 Å². The Labute approximate surface area is 175 Å². The second-order valence-corrected chi connectivity index (χ2v) is 8.72. The van der Waals surface area contributed by atoms with Gasteiger partial charge >= 0.3 is 0 Å². The van der Waals surface area contributed by atoms with Crippen molar-refractivity contribution in [2.45, 2.75) is 13.3 Å². The van der Waals surface area contributed by atoms with Crippen LogP contribution in [0.25, 0.3) is 21.3 Å². The van der Waals surface area contributed by atoms with E-state index in [0.29, 0.717) is 13.1 Å². The molecule has 0 spiro atoms. The summed E-state index contributed by atoms with van der Waals surface area (Å²) in [6, 6.07) is 8.34. The minimum absolute atomic E-state index is 0.265. The van der Waals surface area contributed by atoms with Crippen LogP contribution in [0.2, 0.25) is 5.28 Å². The number of thiophene rings is 1. The first-order valence-corrected chi connectivity index (χ1v) is 10.8. The maximum absolute atomic E-state index is 11.0. The zero-order valence-corrected chi connectivity index (χ0v) is 17.9. The molecule has 2 aromatic heterocycles. The number of amides is 1. The van der Waals surface area contributed by atoms with Crippen molar-refractivity contribution in [1.29, 1.82) is 0 Å². The maximum atomic E-state index is 11.0. The highest BCUT2D eigenvalue weighted by molar-refractivity contribution is 9.10. The average Bonchev–Trinajstić information content (AvgIpc) is 3.06. The Morgan fingerprint density at radius 1 is 1.19 bits per heavy atom. The largest absolute Gasteiger partial charge is 0.352 e. The van der Waals surface area contributed by atoms with Crippen molar-refractivity contribution in [3.05, 3.63) is 38.9 Å². The van der Waals surface area contributed by atoms with Gasteiger partial charge < -0.3 is 9.80 Å². The molecule has 4 rings (SSSR count). The molecule has 1 aliphatic rings. The number of hydrogen-bond acceptors (Lipinski definition) is 5. The molecule has 1 fully saturated rings. The number of anilines is 1. The zero-order chi connectivity index (χ0) is 19.0. The number of rotatable bonds is 4. The highest BCUT2D eigenvalue weighted by Gasteiger charge is 2.25. The van der Waals surface area contributed by atoms with E-state index in [1.807, 2.05) is 0 Å². The predicted molar refractivity (Wildman–Crippen MR) is 115 cm³/mol. The van der Waals surface area contributed by atoms with Crippen LogP contribution in [-0.2, 0) is 11.2 Å². The van der Waals surface area contributed by atoms with E-state index in [-0.39, 0.29) is 5.28 Å². The van der Waals surface area contributed by atoms with Gasteiger partial charge in [0.05, 0.1) is 5.39 Å². The monoisotopic (exact) mass is 464 g/mol. The lowest BCUT2D eigenvalue weighted by atomic mass is 10.0. The number of benzene rings is 1. The number of carbonyl (C=O) groups excluding carboxylic acids is 1. The molecule has 0 atom stereocenters. The second-order valence-electron chi connectivity index (χ2n) is 6.39. The molecule has 3 heterocycles. The van der Waals surface area contributed by atoms with Crippen LogP contribution in [0.4, 0.5) is 5.82 Å². The quantitative estimate of drug-likeness (QED) is 0.417. The molecule has 8 heteroatoms. The number of aromatic nitrogens is 2. The summed E-state index contributed by atoms with van der Waals surface area (Å²) in [7, 11) is 0. The zero-order valence-electron chi connectivity index (χ0n) is 14.8. The molecule has 140 valence electrons. The Morgan fingerprint density at radius 2 is 1.89 bits per heavy atom. The summed E-state index contributed by atoms with van der Waals surface area (Å²) in [6.45, 7) is 5.00. The van der Waals surface area contributed by atoms with Crippen molar-refractivity contribution in [2.75, 3.05) is 31.1 Å². The first kappa shape index (κ1) is 18.7. The van der Waals surface area contributed by atoms with Crippen LogP contribution in [0.5, 0.6) is 0 Å². The summed E-state index contributed by atoms with van der Waals surface area (Å²) in [5.74, 6) is 0.865. The molecule has 0 radical (unpaired) electrons. The molecule has 3 aromatic rings. The second kappa shape index (κ2) is 7.73. The van der Waals surface area contributed by atoms with Crippen LogP contribution >= 0.6 is 38.9 Å². The fraction of sp³-hybridized carbons (Fsp3) is 0.316. The summed E-state index contributed by atoms with van der Waals surface area (Å²) in [5.41, 5.74) is 2.34. The number of piperazine rings is 1. The lowest BCUT2D eigenvalue weighted by Crippen LogP contribution is -2.46. The van der Waals surface area contributed by atoms with Gasteiger partial charge in [-0.1, -0.05) is 35.0 Å². The third kappa shape index (κ3) is 3.56. The molecular formula is C19H18BrClN4OS. The normalized spacial score (nSPS) is 14.8. The van der Waals surface area contributed by atoms with Gasteiger partial charge in [0.1, 0.15) is 10.6 Å². The Bertz CT molecular complexity index is 984. The van der Waals surface area contributed by atoms with Crippen molar-refractivity contribution in [3.63, 3.8) is 0 Å². The molecule has 0 N–H and O–H groups in total. The first-order chi connectivity index (χ1) is 13.1. The molecule has 0 saturated carbocycles. The minimum Gasteiger partial charge on any atom is -0.352 e. The van der Waals surface area contributed by atoms with E-state index >= 15 is 0 Å². The third-order valence-corrected chi connectivity index (χ3v) is 6.72. The Kier molecular flexibility index (Phi) is 5.34. The summed E-state index contributed by atoms with van der Waals surface area (Å²) < 4.78 is 1.05. The van der Waals surface area contributed by atoms with E-state index in [1.165, 1.54) is 10.4 Å². The first-order valence-electron chi connectivity index (χ1n) is 8.80. The summed E-state index contributed by atoms with van der Waals surface area (Å²) in [6.07, 6.45) is 1.83. The molecule has 0 aliphatic carbocycles. The number of aryl methyl sites for hydroxylation is 1. The van der Waals surface area contributed by atoms with E-state index in [0.717, 1.165) is 52.0 Å². The molecule has 0 bridgehead atoms. The fourth-order valence-electron chi connectivity index (χ4n) is 3.44. The van der Waals surface area contributed by atoms with E-state index in [2.05, 4.69) is 62.0 Å². The van der Waals surface area contributed by atoms with Gasteiger partial charge in [0.2, 0.25) is 11.7 Å². The molecule has 0 unspecified atom stereocenters. The van der Waals surface area contributed by atoms with E-state index in [1.54, 1.807) is 16.2 Å². The number of halogens is 2. The van der Waals surface area contributed by atoms with E-state index in [4.69, 9.17) is 11.6 Å². The average molecular weight is 466 g/mol. The van der Waals surface area contributed by atoms with Gasteiger partial charge in [-0.05, 0) is 35.7 Å². The van der Waals surface area contributed by atoms with Crippen molar-refractivity contribution in [2.24, 2.45) is 0 Å². The predicted octanol–water partition coefficient (Wildman–Crippen LogP) is 4.62. The van der Waals surface area contributed by atoms with Gasteiger partial charge in [0.25, 0.3) is 0 Å². The molecular weight excluding hydrogens is 448 g/mol.